The van der Waals surface area contributed by atoms with Crippen molar-refractivity contribution in [3.63, 3.8) is 0 Å². The van der Waals surface area contributed by atoms with Crippen LogP contribution in [0.3, 0.4) is 0 Å². The predicted octanol–water partition coefficient (Wildman–Crippen LogP) is 4.08. The van der Waals surface area contributed by atoms with Gasteiger partial charge in [0.05, 0.1) is 28.9 Å². The largest absolute Gasteiger partial charge is 0.339 e. The molecule has 0 aliphatic rings. The van der Waals surface area contributed by atoms with E-state index in [1.54, 1.807) is 29.1 Å². The first-order valence-electron chi connectivity index (χ1n) is 7.46. The first-order valence-corrected chi connectivity index (χ1v) is 7.84. The minimum atomic E-state index is 0.574. The fraction of sp³-hybridized carbons (Fsp3) is 0. The van der Waals surface area contributed by atoms with E-state index in [1.165, 1.54) is 6.33 Å². The van der Waals surface area contributed by atoms with Crippen molar-refractivity contribution in [3.05, 3.63) is 71.6 Å². The predicted molar refractivity (Wildman–Crippen MR) is 96.1 cm³/mol. The molecule has 0 spiro atoms. The number of anilines is 2. The van der Waals surface area contributed by atoms with Crippen molar-refractivity contribution in [2.75, 3.05) is 5.32 Å². The number of nitrogens with one attached hydrogen (secondary N) is 1. The lowest BCUT2D eigenvalue weighted by molar-refractivity contribution is 0.895. The Morgan fingerprint density at radius 1 is 1.08 bits per heavy atom. The lowest BCUT2D eigenvalue weighted by Gasteiger charge is -2.07. The van der Waals surface area contributed by atoms with E-state index in [2.05, 4.69) is 26.5 Å². The molecule has 0 bridgehead atoms. The van der Waals surface area contributed by atoms with Gasteiger partial charge < -0.3 is 5.32 Å². The maximum Gasteiger partial charge on any atom is 0.168 e. The lowest BCUT2D eigenvalue weighted by atomic mass is 10.2. The summed E-state index contributed by atoms with van der Waals surface area (Å²) in [7, 11) is 0. The topological polar surface area (TPSA) is 79.4 Å². The third-order valence-electron chi connectivity index (χ3n) is 3.67. The summed E-state index contributed by atoms with van der Waals surface area (Å²) >= 11 is 6.07. The molecule has 0 saturated heterocycles. The van der Waals surface area contributed by atoms with Gasteiger partial charge in [0.1, 0.15) is 12.1 Å². The van der Waals surface area contributed by atoms with Crippen molar-refractivity contribution < 1.29 is 0 Å². The summed E-state index contributed by atoms with van der Waals surface area (Å²) < 4.78 is 1.71. The normalized spacial score (nSPS) is 10.6. The zero-order chi connectivity index (χ0) is 17.2. The molecule has 0 radical (unpaired) electrons. The van der Waals surface area contributed by atoms with Gasteiger partial charge in [0, 0.05) is 10.7 Å². The highest BCUT2D eigenvalue weighted by molar-refractivity contribution is 6.30. The minimum absolute atomic E-state index is 0.574. The van der Waals surface area contributed by atoms with Gasteiger partial charge in [-0.05, 0) is 36.4 Å². The van der Waals surface area contributed by atoms with E-state index in [4.69, 9.17) is 16.9 Å². The van der Waals surface area contributed by atoms with Crippen LogP contribution in [0.25, 0.3) is 16.7 Å². The smallest absolute Gasteiger partial charge is 0.168 e. The van der Waals surface area contributed by atoms with E-state index in [0.717, 1.165) is 16.8 Å². The Morgan fingerprint density at radius 2 is 1.96 bits per heavy atom. The summed E-state index contributed by atoms with van der Waals surface area (Å²) in [5, 5.41) is 18.0. The van der Waals surface area contributed by atoms with Gasteiger partial charge in [-0.3, -0.25) is 0 Å². The van der Waals surface area contributed by atoms with E-state index in [9.17, 15) is 0 Å². The third kappa shape index (κ3) is 2.89. The molecule has 0 unspecified atom stereocenters. The number of aromatic nitrogens is 4. The number of hydrogen-bond acceptors (Lipinski definition) is 5. The standard InChI is InChI=1S/C18H11ClN6/c19-13-4-2-6-15(8-13)25-18-16(10-23-25)17(21-11-22-18)24-14-5-1-3-12(7-14)9-20/h1-8,10-11H,(H,21,22,24). The number of halogens is 1. The number of nitriles is 1. The van der Waals surface area contributed by atoms with Gasteiger partial charge >= 0.3 is 0 Å². The van der Waals surface area contributed by atoms with Crippen LogP contribution in [0.4, 0.5) is 11.5 Å². The maximum atomic E-state index is 9.02. The van der Waals surface area contributed by atoms with Crippen molar-refractivity contribution in [3.8, 4) is 11.8 Å². The fourth-order valence-electron chi connectivity index (χ4n) is 2.54. The molecule has 4 rings (SSSR count). The van der Waals surface area contributed by atoms with Crippen LogP contribution in [-0.2, 0) is 0 Å². The molecule has 0 amide bonds. The van der Waals surface area contributed by atoms with Crippen LogP contribution in [0.5, 0.6) is 0 Å². The average Bonchev–Trinajstić information content (AvgIpc) is 3.07. The number of hydrogen-bond donors (Lipinski definition) is 1. The average molecular weight is 347 g/mol. The van der Waals surface area contributed by atoms with Crippen molar-refractivity contribution in [2.45, 2.75) is 0 Å². The number of rotatable bonds is 3. The summed E-state index contributed by atoms with van der Waals surface area (Å²) in [5.74, 6) is 0.619. The zero-order valence-electron chi connectivity index (χ0n) is 12.9. The molecule has 0 aliphatic heterocycles. The Hall–Kier alpha value is -3.43. The third-order valence-corrected chi connectivity index (χ3v) is 3.91. The molecule has 120 valence electrons. The van der Waals surface area contributed by atoms with E-state index in [1.807, 2.05) is 30.3 Å². The van der Waals surface area contributed by atoms with Crippen molar-refractivity contribution in [2.24, 2.45) is 0 Å². The van der Waals surface area contributed by atoms with E-state index in [0.29, 0.717) is 22.1 Å². The van der Waals surface area contributed by atoms with Crippen molar-refractivity contribution in [1.82, 2.24) is 19.7 Å². The van der Waals surface area contributed by atoms with Gasteiger partial charge in [-0.25, -0.2) is 14.6 Å². The van der Waals surface area contributed by atoms with Gasteiger partial charge in [-0.2, -0.15) is 10.4 Å². The molecule has 0 saturated carbocycles. The molecule has 0 aliphatic carbocycles. The highest BCUT2D eigenvalue weighted by Crippen LogP contribution is 2.25. The molecule has 4 aromatic rings. The number of nitrogens with zero attached hydrogens (tertiary/aromatic N) is 5. The van der Waals surface area contributed by atoms with Crippen molar-refractivity contribution in [1.29, 1.82) is 5.26 Å². The Kier molecular flexibility index (Phi) is 3.77. The maximum absolute atomic E-state index is 9.02. The number of benzene rings is 2. The first kappa shape index (κ1) is 15.1. The van der Waals surface area contributed by atoms with Crippen molar-refractivity contribution >= 4 is 34.1 Å². The van der Waals surface area contributed by atoms with E-state index >= 15 is 0 Å². The van der Waals surface area contributed by atoms with Gasteiger partial charge in [-0.1, -0.05) is 23.7 Å². The highest BCUT2D eigenvalue weighted by Gasteiger charge is 2.11. The first-order chi connectivity index (χ1) is 12.2. The van der Waals surface area contributed by atoms with Crippen LogP contribution in [-0.4, -0.2) is 19.7 Å². The second-order valence-electron chi connectivity index (χ2n) is 5.31. The zero-order valence-corrected chi connectivity index (χ0v) is 13.6. The van der Waals surface area contributed by atoms with Gasteiger partial charge in [0.15, 0.2) is 5.65 Å². The van der Waals surface area contributed by atoms with Crippen LogP contribution < -0.4 is 5.32 Å². The van der Waals surface area contributed by atoms with Gasteiger partial charge in [0.2, 0.25) is 0 Å². The van der Waals surface area contributed by atoms with Crippen LogP contribution in [0.2, 0.25) is 5.02 Å². The Morgan fingerprint density at radius 3 is 2.80 bits per heavy atom. The molecule has 2 heterocycles. The molecule has 6 nitrogen and oxygen atoms in total. The Labute approximate surface area is 148 Å². The molecule has 0 fully saturated rings. The summed E-state index contributed by atoms with van der Waals surface area (Å²) in [6, 6.07) is 16.7. The quantitative estimate of drug-likeness (QED) is 0.604. The summed E-state index contributed by atoms with van der Waals surface area (Å²) in [6.07, 6.45) is 3.17. The molecular formula is C18H11ClN6. The molecule has 1 N–H and O–H groups in total. The second kappa shape index (κ2) is 6.23. The van der Waals surface area contributed by atoms with Gasteiger partial charge in [-0.15, -0.1) is 0 Å². The molecule has 0 atom stereocenters. The van der Waals surface area contributed by atoms with Crippen LogP contribution in [0, 0.1) is 11.3 Å². The molecular weight excluding hydrogens is 336 g/mol. The van der Waals surface area contributed by atoms with Crippen LogP contribution in [0.15, 0.2) is 61.1 Å². The SMILES string of the molecule is N#Cc1cccc(Nc2ncnc3c2cnn3-c2cccc(Cl)c2)c1. The van der Waals surface area contributed by atoms with Crippen LogP contribution >= 0.6 is 11.6 Å². The molecule has 25 heavy (non-hydrogen) atoms. The summed E-state index contributed by atoms with van der Waals surface area (Å²) in [5.41, 5.74) is 2.83. The fourth-order valence-corrected chi connectivity index (χ4v) is 2.73. The van der Waals surface area contributed by atoms with E-state index < -0.39 is 0 Å². The monoisotopic (exact) mass is 346 g/mol. The lowest BCUT2D eigenvalue weighted by Crippen LogP contribution is -1.99. The molecule has 2 aromatic heterocycles. The highest BCUT2D eigenvalue weighted by atomic mass is 35.5. The number of fused-ring (bicyclic) bond motifs is 1. The Balaban J connectivity index is 1.78. The molecule has 7 heteroatoms. The second-order valence-corrected chi connectivity index (χ2v) is 5.75. The minimum Gasteiger partial charge on any atom is -0.339 e. The van der Waals surface area contributed by atoms with E-state index in [-0.39, 0.29) is 0 Å². The summed E-state index contributed by atoms with van der Waals surface area (Å²) in [6.45, 7) is 0. The van der Waals surface area contributed by atoms with Crippen LogP contribution in [0.1, 0.15) is 5.56 Å². The summed E-state index contributed by atoms with van der Waals surface area (Å²) in [4.78, 5) is 8.63. The van der Waals surface area contributed by atoms with Gasteiger partial charge in [0.25, 0.3) is 0 Å². The Bertz CT molecular complexity index is 1110. The molecule has 2 aromatic carbocycles.